The van der Waals surface area contributed by atoms with Crippen LogP contribution in [0.25, 0.3) is 0 Å². The van der Waals surface area contributed by atoms with Crippen molar-refractivity contribution in [3.8, 4) is 0 Å². The van der Waals surface area contributed by atoms with Crippen molar-refractivity contribution in [1.82, 2.24) is 4.90 Å². The zero-order valence-electron chi connectivity index (χ0n) is 9.65. The molecule has 1 aliphatic rings. The highest BCUT2D eigenvalue weighted by Gasteiger charge is 2.29. The Morgan fingerprint density at radius 1 is 1.60 bits per heavy atom. The molecule has 0 spiro atoms. The fraction of sp³-hybridized carbons (Fsp3) is 0.909. The van der Waals surface area contributed by atoms with Crippen LogP contribution in [0.4, 0.5) is 0 Å². The molecule has 1 amide bonds. The van der Waals surface area contributed by atoms with E-state index in [-0.39, 0.29) is 24.5 Å². The monoisotopic (exact) mass is 214 g/mol. The summed E-state index contributed by atoms with van der Waals surface area (Å²) in [5.41, 5.74) is 5.33. The maximum atomic E-state index is 11.4. The van der Waals surface area contributed by atoms with Gasteiger partial charge in [0.15, 0.2) is 0 Å². The van der Waals surface area contributed by atoms with Crippen LogP contribution in [0.3, 0.4) is 0 Å². The summed E-state index contributed by atoms with van der Waals surface area (Å²) in [6.07, 6.45) is 1.40. The van der Waals surface area contributed by atoms with E-state index in [1.165, 1.54) is 0 Å². The summed E-state index contributed by atoms with van der Waals surface area (Å²) >= 11 is 0. The van der Waals surface area contributed by atoms with Gasteiger partial charge in [0.2, 0.25) is 5.91 Å². The van der Waals surface area contributed by atoms with Crippen molar-refractivity contribution >= 4 is 5.91 Å². The zero-order valence-corrected chi connectivity index (χ0v) is 9.65. The van der Waals surface area contributed by atoms with Gasteiger partial charge >= 0.3 is 0 Å². The molecular weight excluding hydrogens is 192 g/mol. The molecule has 0 aromatic heterocycles. The van der Waals surface area contributed by atoms with Crippen LogP contribution in [0, 0.1) is 11.8 Å². The summed E-state index contributed by atoms with van der Waals surface area (Å²) in [4.78, 5) is 13.2. The van der Waals surface area contributed by atoms with E-state index >= 15 is 0 Å². The third-order valence-corrected chi connectivity index (χ3v) is 3.00. The fourth-order valence-corrected chi connectivity index (χ4v) is 2.21. The second-order valence-corrected chi connectivity index (χ2v) is 4.79. The van der Waals surface area contributed by atoms with Crippen molar-refractivity contribution in [3.05, 3.63) is 0 Å². The van der Waals surface area contributed by atoms with Gasteiger partial charge in [-0.05, 0) is 18.8 Å². The summed E-state index contributed by atoms with van der Waals surface area (Å²) < 4.78 is 0. The minimum atomic E-state index is -0.255. The van der Waals surface area contributed by atoms with Gasteiger partial charge in [0, 0.05) is 19.0 Å². The Morgan fingerprint density at radius 2 is 2.27 bits per heavy atom. The van der Waals surface area contributed by atoms with Crippen molar-refractivity contribution in [2.75, 3.05) is 19.6 Å². The number of hydrogen-bond acceptors (Lipinski definition) is 3. The number of carbonyl (C=O) groups excluding carboxylic acids is 1. The van der Waals surface area contributed by atoms with Crippen LogP contribution in [0.15, 0.2) is 0 Å². The van der Waals surface area contributed by atoms with Crippen molar-refractivity contribution in [2.24, 2.45) is 17.6 Å². The fourth-order valence-electron chi connectivity index (χ4n) is 2.21. The van der Waals surface area contributed by atoms with E-state index < -0.39 is 0 Å². The van der Waals surface area contributed by atoms with Crippen LogP contribution in [-0.4, -0.2) is 41.7 Å². The molecule has 0 aliphatic carbocycles. The summed E-state index contributed by atoms with van der Waals surface area (Å²) in [6.45, 7) is 5.65. The third-order valence-electron chi connectivity index (χ3n) is 3.00. The van der Waals surface area contributed by atoms with E-state index in [4.69, 9.17) is 5.73 Å². The number of likely N-dealkylation sites (tertiary alicyclic amines) is 1. The average molecular weight is 214 g/mol. The second-order valence-electron chi connectivity index (χ2n) is 4.79. The first-order valence-electron chi connectivity index (χ1n) is 5.70. The predicted molar refractivity (Wildman–Crippen MR) is 59.2 cm³/mol. The number of amides is 1. The molecule has 4 heteroatoms. The lowest BCUT2D eigenvalue weighted by atomic mass is 9.87. The van der Waals surface area contributed by atoms with Crippen molar-refractivity contribution < 1.29 is 9.90 Å². The van der Waals surface area contributed by atoms with Crippen LogP contribution < -0.4 is 5.73 Å². The SMILES string of the molecule is CC(C)C[C@H]1CN(C(=O)CN)CC[C@@H]1O. The lowest BCUT2D eigenvalue weighted by Gasteiger charge is -2.36. The third kappa shape index (κ3) is 3.47. The summed E-state index contributed by atoms with van der Waals surface area (Å²) in [5.74, 6) is 0.766. The van der Waals surface area contributed by atoms with Crippen LogP contribution in [0.1, 0.15) is 26.7 Å². The molecule has 4 nitrogen and oxygen atoms in total. The molecule has 0 unspecified atom stereocenters. The molecule has 1 heterocycles. The summed E-state index contributed by atoms with van der Waals surface area (Å²) in [7, 11) is 0. The highest BCUT2D eigenvalue weighted by Crippen LogP contribution is 2.23. The lowest BCUT2D eigenvalue weighted by Crippen LogP contribution is -2.48. The highest BCUT2D eigenvalue weighted by atomic mass is 16.3. The van der Waals surface area contributed by atoms with Crippen LogP contribution >= 0.6 is 0 Å². The number of piperidine rings is 1. The zero-order chi connectivity index (χ0) is 11.4. The molecule has 3 N–H and O–H groups in total. The molecule has 0 aromatic rings. The standard InChI is InChI=1S/C11H22N2O2/c1-8(2)5-9-7-13(11(15)6-12)4-3-10(9)14/h8-10,14H,3-7,12H2,1-2H3/t9-,10-/m0/s1. The Kier molecular flexibility index (Phi) is 4.54. The number of aliphatic hydroxyl groups is 1. The molecule has 0 aromatic carbocycles. The molecule has 88 valence electrons. The molecule has 15 heavy (non-hydrogen) atoms. The predicted octanol–water partition coefficient (Wildman–Crippen LogP) is 0.201. The van der Waals surface area contributed by atoms with Crippen molar-refractivity contribution in [1.29, 1.82) is 0 Å². The smallest absolute Gasteiger partial charge is 0.236 e. The van der Waals surface area contributed by atoms with E-state index in [1.807, 2.05) is 0 Å². The minimum Gasteiger partial charge on any atom is -0.393 e. The van der Waals surface area contributed by atoms with Gasteiger partial charge in [0.1, 0.15) is 0 Å². The molecule has 1 aliphatic heterocycles. The van der Waals surface area contributed by atoms with Gasteiger partial charge in [0.25, 0.3) is 0 Å². The molecule has 0 bridgehead atoms. The second kappa shape index (κ2) is 5.47. The Balaban J connectivity index is 2.51. The molecule has 2 atom stereocenters. The largest absolute Gasteiger partial charge is 0.393 e. The number of hydrogen-bond donors (Lipinski definition) is 2. The number of aliphatic hydroxyl groups excluding tert-OH is 1. The van der Waals surface area contributed by atoms with Gasteiger partial charge in [-0.25, -0.2) is 0 Å². The normalized spacial score (nSPS) is 27.1. The Hall–Kier alpha value is -0.610. The highest BCUT2D eigenvalue weighted by molar-refractivity contribution is 5.78. The molecule has 1 saturated heterocycles. The van der Waals surface area contributed by atoms with E-state index in [9.17, 15) is 9.90 Å². The van der Waals surface area contributed by atoms with E-state index in [2.05, 4.69) is 13.8 Å². The van der Waals surface area contributed by atoms with Gasteiger partial charge < -0.3 is 15.7 Å². The maximum absolute atomic E-state index is 11.4. The number of nitrogens with two attached hydrogens (primary N) is 1. The Bertz CT molecular complexity index is 219. The van der Waals surface area contributed by atoms with Crippen LogP contribution in [0.2, 0.25) is 0 Å². The quantitative estimate of drug-likeness (QED) is 0.705. The van der Waals surface area contributed by atoms with Gasteiger partial charge in [-0.1, -0.05) is 13.8 Å². The van der Waals surface area contributed by atoms with E-state index in [1.54, 1.807) is 4.90 Å². The van der Waals surface area contributed by atoms with Gasteiger partial charge in [-0.15, -0.1) is 0 Å². The van der Waals surface area contributed by atoms with Crippen LogP contribution in [-0.2, 0) is 4.79 Å². The molecule has 1 fully saturated rings. The molecule has 1 rings (SSSR count). The first-order valence-corrected chi connectivity index (χ1v) is 5.70. The summed E-state index contributed by atoms with van der Waals surface area (Å²) in [5, 5.41) is 9.82. The van der Waals surface area contributed by atoms with Crippen molar-refractivity contribution in [2.45, 2.75) is 32.8 Å². The number of nitrogens with zero attached hydrogens (tertiary/aromatic N) is 1. The first kappa shape index (κ1) is 12.5. The Labute approximate surface area is 91.4 Å². The summed E-state index contributed by atoms with van der Waals surface area (Å²) in [6, 6.07) is 0. The maximum Gasteiger partial charge on any atom is 0.236 e. The van der Waals surface area contributed by atoms with Crippen molar-refractivity contribution in [3.63, 3.8) is 0 Å². The number of rotatable bonds is 3. The first-order chi connectivity index (χ1) is 7.04. The van der Waals surface area contributed by atoms with E-state index in [0.717, 1.165) is 6.42 Å². The van der Waals surface area contributed by atoms with Gasteiger partial charge in [0.05, 0.1) is 12.6 Å². The average Bonchev–Trinajstić information content (AvgIpc) is 2.19. The molecule has 0 radical (unpaired) electrons. The molecular formula is C11H22N2O2. The topological polar surface area (TPSA) is 66.6 Å². The number of carbonyl (C=O) groups is 1. The Morgan fingerprint density at radius 3 is 2.80 bits per heavy atom. The minimum absolute atomic E-state index is 0.00402. The van der Waals surface area contributed by atoms with Gasteiger partial charge in [-0.2, -0.15) is 0 Å². The lowest BCUT2D eigenvalue weighted by molar-refractivity contribution is -0.133. The van der Waals surface area contributed by atoms with Gasteiger partial charge in [-0.3, -0.25) is 4.79 Å². The van der Waals surface area contributed by atoms with E-state index in [0.29, 0.717) is 25.4 Å². The molecule has 0 saturated carbocycles. The van der Waals surface area contributed by atoms with Crippen LogP contribution in [0.5, 0.6) is 0 Å².